The van der Waals surface area contributed by atoms with E-state index in [9.17, 15) is 0 Å². The first-order valence-corrected chi connectivity index (χ1v) is 8.35. The number of anilines is 4. The van der Waals surface area contributed by atoms with Crippen molar-refractivity contribution in [1.29, 1.82) is 0 Å². The minimum atomic E-state index is 0.773. The van der Waals surface area contributed by atoms with Gasteiger partial charge in [-0.1, -0.05) is 30.3 Å². The second-order valence-electron chi connectivity index (χ2n) is 6.02. The predicted octanol–water partition coefficient (Wildman–Crippen LogP) is 3.94. The van der Waals surface area contributed by atoms with E-state index in [-0.39, 0.29) is 0 Å². The first-order chi connectivity index (χ1) is 12.2. The van der Waals surface area contributed by atoms with Crippen molar-refractivity contribution in [2.24, 2.45) is 0 Å². The van der Waals surface area contributed by atoms with Crippen LogP contribution in [-0.2, 0) is 6.42 Å². The van der Waals surface area contributed by atoms with Gasteiger partial charge in [-0.3, -0.25) is 0 Å². The Balaban J connectivity index is 1.57. The molecule has 128 valence electrons. The molecule has 25 heavy (non-hydrogen) atoms. The van der Waals surface area contributed by atoms with Crippen LogP contribution in [-0.4, -0.2) is 30.6 Å². The van der Waals surface area contributed by atoms with Gasteiger partial charge in [0.05, 0.1) is 0 Å². The van der Waals surface area contributed by atoms with Crippen molar-refractivity contribution in [3.63, 3.8) is 0 Å². The predicted molar refractivity (Wildman–Crippen MR) is 105 cm³/mol. The molecule has 2 aromatic carbocycles. The highest BCUT2D eigenvalue weighted by atomic mass is 15.1. The zero-order chi connectivity index (χ0) is 17.5. The highest BCUT2D eigenvalue weighted by molar-refractivity contribution is 5.62. The Hall–Kier alpha value is -3.08. The lowest BCUT2D eigenvalue weighted by Crippen LogP contribution is -2.08. The topological polar surface area (TPSA) is 53.1 Å². The molecule has 0 bridgehead atoms. The number of nitrogens with one attached hydrogen (secondary N) is 2. The molecule has 5 heteroatoms. The molecule has 0 aliphatic rings. The molecule has 1 aromatic heterocycles. The SMILES string of the molecule is CN(C)c1ccc(Nc2cc(NCCc3ccccc3)ncn2)cc1. The van der Waals surface area contributed by atoms with Gasteiger partial charge in [0.2, 0.25) is 0 Å². The summed E-state index contributed by atoms with van der Waals surface area (Å²) in [5.41, 5.74) is 3.47. The van der Waals surface area contributed by atoms with Crippen LogP contribution in [0.15, 0.2) is 67.0 Å². The number of rotatable bonds is 7. The third-order valence-electron chi connectivity index (χ3n) is 3.89. The zero-order valence-electron chi connectivity index (χ0n) is 14.6. The minimum absolute atomic E-state index is 0.773. The molecular weight excluding hydrogens is 310 g/mol. The van der Waals surface area contributed by atoms with E-state index in [0.29, 0.717) is 0 Å². The highest BCUT2D eigenvalue weighted by Crippen LogP contribution is 2.19. The summed E-state index contributed by atoms with van der Waals surface area (Å²) in [4.78, 5) is 10.6. The van der Waals surface area contributed by atoms with Crippen molar-refractivity contribution < 1.29 is 0 Å². The lowest BCUT2D eigenvalue weighted by atomic mass is 10.1. The maximum atomic E-state index is 4.29. The van der Waals surface area contributed by atoms with Crippen LogP contribution in [0.3, 0.4) is 0 Å². The van der Waals surface area contributed by atoms with E-state index in [1.165, 1.54) is 5.56 Å². The first-order valence-electron chi connectivity index (χ1n) is 8.35. The van der Waals surface area contributed by atoms with Crippen LogP contribution in [0.4, 0.5) is 23.0 Å². The van der Waals surface area contributed by atoms with Gasteiger partial charge < -0.3 is 15.5 Å². The molecule has 0 unspecified atom stereocenters. The largest absolute Gasteiger partial charge is 0.378 e. The monoisotopic (exact) mass is 333 g/mol. The van der Waals surface area contributed by atoms with Crippen molar-refractivity contribution in [2.75, 3.05) is 36.2 Å². The van der Waals surface area contributed by atoms with Gasteiger partial charge in [0.1, 0.15) is 18.0 Å². The van der Waals surface area contributed by atoms with Gasteiger partial charge >= 0.3 is 0 Å². The Morgan fingerprint density at radius 2 is 1.60 bits per heavy atom. The Kier molecular flexibility index (Phi) is 5.46. The Bertz CT molecular complexity index is 785. The summed E-state index contributed by atoms with van der Waals surface area (Å²) in [5.74, 6) is 1.59. The average molecular weight is 333 g/mol. The van der Waals surface area contributed by atoms with Crippen molar-refractivity contribution in [1.82, 2.24) is 9.97 Å². The highest BCUT2D eigenvalue weighted by Gasteiger charge is 2.01. The van der Waals surface area contributed by atoms with Crippen LogP contribution in [0.2, 0.25) is 0 Å². The third-order valence-corrected chi connectivity index (χ3v) is 3.89. The first kappa shape index (κ1) is 16.8. The maximum Gasteiger partial charge on any atom is 0.135 e. The molecule has 0 saturated heterocycles. The molecule has 0 aliphatic heterocycles. The average Bonchev–Trinajstić information content (AvgIpc) is 2.63. The number of hydrogen-bond donors (Lipinski definition) is 2. The number of nitrogens with zero attached hydrogens (tertiary/aromatic N) is 3. The summed E-state index contributed by atoms with van der Waals surface area (Å²) >= 11 is 0. The molecular formula is C20H23N5. The van der Waals surface area contributed by atoms with Gasteiger partial charge in [-0.15, -0.1) is 0 Å². The Morgan fingerprint density at radius 1 is 0.880 bits per heavy atom. The summed E-state index contributed by atoms with van der Waals surface area (Å²) < 4.78 is 0. The second-order valence-corrected chi connectivity index (χ2v) is 6.02. The molecule has 0 fully saturated rings. The zero-order valence-corrected chi connectivity index (χ0v) is 14.6. The molecule has 2 N–H and O–H groups in total. The molecule has 1 heterocycles. The molecule has 0 saturated carbocycles. The fraction of sp³-hybridized carbons (Fsp3) is 0.200. The van der Waals surface area contributed by atoms with Gasteiger partial charge in [0, 0.05) is 38.1 Å². The molecule has 0 amide bonds. The molecule has 0 spiro atoms. The van der Waals surface area contributed by atoms with Crippen LogP contribution in [0.25, 0.3) is 0 Å². The van der Waals surface area contributed by atoms with E-state index in [2.05, 4.69) is 61.9 Å². The standard InChI is InChI=1S/C20H23N5/c1-25(2)18-10-8-17(9-11-18)24-20-14-19(22-15-23-20)21-13-12-16-6-4-3-5-7-16/h3-11,14-15H,12-13H2,1-2H3,(H2,21,22,23,24). The molecule has 0 aliphatic carbocycles. The van der Waals surface area contributed by atoms with Crippen LogP contribution in [0.1, 0.15) is 5.56 Å². The lowest BCUT2D eigenvalue weighted by molar-refractivity contribution is 1.000. The van der Waals surface area contributed by atoms with Crippen LogP contribution in [0.5, 0.6) is 0 Å². The number of hydrogen-bond acceptors (Lipinski definition) is 5. The molecule has 3 rings (SSSR count). The third kappa shape index (κ3) is 4.94. The van der Waals surface area contributed by atoms with Gasteiger partial charge in [-0.05, 0) is 36.2 Å². The fourth-order valence-corrected chi connectivity index (χ4v) is 2.49. The summed E-state index contributed by atoms with van der Waals surface area (Å²) in [6.45, 7) is 0.831. The Morgan fingerprint density at radius 3 is 2.32 bits per heavy atom. The maximum absolute atomic E-state index is 4.29. The fourth-order valence-electron chi connectivity index (χ4n) is 2.49. The normalized spacial score (nSPS) is 10.3. The van der Waals surface area contributed by atoms with Gasteiger partial charge in [-0.2, -0.15) is 0 Å². The van der Waals surface area contributed by atoms with Crippen LogP contribution in [0, 0.1) is 0 Å². The smallest absolute Gasteiger partial charge is 0.135 e. The van der Waals surface area contributed by atoms with Gasteiger partial charge in [0.15, 0.2) is 0 Å². The Labute approximate surface area is 148 Å². The summed E-state index contributed by atoms with van der Waals surface area (Å²) in [7, 11) is 4.06. The van der Waals surface area contributed by atoms with E-state index in [1.54, 1.807) is 6.33 Å². The molecule has 0 atom stereocenters. The van der Waals surface area contributed by atoms with E-state index >= 15 is 0 Å². The van der Waals surface area contributed by atoms with Crippen LogP contribution >= 0.6 is 0 Å². The molecule has 5 nitrogen and oxygen atoms in total. The summed E-state index contributed by atoms with van der Waals surface area (Å²) in [5, 5.41) is 6.65. The quantitative estimate of drug-likeness (QED) is 0.686. The van der Waals surface area contributed by atoms with Gasteiger partial charge in [0.25, 0.3) is 0 Å². The second kappa shape index (κ2) is 8.15. The molecule has 3 aromatic rings. The summed E-state index contributed by atoms with van der Waals surface area (Å²) in [6.07, 6.45) is 2.53. The summed E-state index contributed by atoms with van der Waals surface area (Å²) in [6, 6.07) is 20.6. The van der Waals surface area contributed by atoms with Gasteiger partial charge in [-0.25, -0.2) is 9.97 Å². The van der Waals surface area contributed by atoms with Crippen molar-refractivity contribution in [2.45, 2.75) is 6.42 Å². The van der Waals surface area contributed by atoms with E-state index < -0.39 is 0 Å². The lowest BCUT2D eigenvalue weighted by Gasteiger charge is -2.13. The minimum Gasteiger partial charge on any atom is -0.378 e. The van der Waals surface area contributed by atoms with Crippen LogP contribution < -0.4 is 15.5 Å². The van der Waals surface area contributed by atoms with E-state index in [1.807, 2.05) is 38.4 Å². The van der Waals surface area contributed by atoms with Crippen molar-refractivity contribution in [3.8, 4) is 0 Å². The van der Waals surface area contributed by atoms with E-state index in [4.69, 9.17) is 0 Å². The van der Waals surface area contributed by atoms with Crippen molar-refractivity contribution in [3.05, 3.63) is 72.6 Å². The van der Waals surface area contributed by atoms with Crippen molar-refractivity contribution >= 4 is 23.0 Å². The molecule has 0 radical (unpaired) electrons. The number of benzene rings is 2. The van der Waals surface area contributed by atoms with E-state index in [0.717, 1.165) is 36.0 Å². The number of aromatic nitrogens is 2.